The maximum Gasteiger partial charge on any atom is 0.261 e. The first-order valence-corrected chi connectivity index (χ1v) is 1.57. The molecule has 0 aliphatic heterocycles. The molecule has 0 aromatic rings. The zero-order valence-corrected chi connectivity index (χ0v) is 3.29. The first-order chi connectivity index (χ1) is 2.64. The van der Waals surface area contributed by atoms with Crippen LogP contribution in [0.15, 0.2) is 0 Å². The van der Waals surface area contributed by atoms with E-state index in [4.69, 9.17) is 0 Å². The van der Waals surface area contributed by atoms with Gasteiger partial charge in [0, 0.05) is 0 Å². The van der Waals surface area contributed by atoms with Gasteiger partial charge in [-0.2, -0.15) is 0 Å². The van der Waals surface area contributed by atoms with Gasteiger partial charge in [0.1, 0.15) is 6.07 Å². The number of hydrogen-bond donors (Lipinski definition) is 0. The molecule has 0 spiro atoms. The van der Waals surface area contributed by atoms with E-state index in [0.717, 1.165) is 7.85 Å². The third-order valence-electron chi connectivity index (χ3n) is 0.347. The molecule has 0 bridgehead atoms. The van der Waals surface area contributed by atoms with Gasteiger partial charge in [-0.15, -0.1) is 0 Å². The van der Waals surface area contributed by atoms with E-state index >= 15 is 0 Å². The van der Waals surface area contributed by atoms with Crippen LogP contribution in [0.4, 0.5) is 13.2 Å². The quantitative estimate of drug-likeness (QED) is 0.408. The molecular weight excluding hydrogens is 91.8 g/mol. The lowest BCUT2D eigenvalue weighted by Crippen LogP contribution is -2.10. The Bertz CT molecular complexity index is 29.8. The molecule has 4 heteroatoms. The Labute approximate surface area is 34.8 Å². The van der Waals surface area contributed by atoms with Gasteiger partial charge in [-0.05, 0) is 0 Å². The Balaban J connectivity index is 2.99. The lowest BCUT2D eigenvalue weighted by atomic mass is 10.0. The highest BCUT2D eigenvalue weighted by molar-refractivity contribution is 6.11. The lowest BCUT2D eigenvalue weighted by molar-refractivity contribution is 0.0913. The van der Waals surface area contributed by atoms with Crippen LogP contribution in [0.5, 0.6) is 0 Å². The van der Waals surface area contributed by atoms with Gasteiger partial charge in [0.15, 0.2) is 7.85 Å². The minimum absolute atomic E-state index is 0.824. The molecule has 0 aromatic heterocycles. The van der Waals surface area contributed by atoms with Crippen LogP contribution in [-0.4, -0.2) is 20.3 Å². The first kappa shape index (κ1) is 5.85. The summed E-state index contributed by atoms with van der Waals surface area (Å²) in [6.45, 7) is 0. The van der Waals surface area contributed by atoms with E-state index in [9.17, 15) is 13.2 Å². The van der Waals surface area contributed by atoms with Crippen molar-refractivity contribution in [2.24, 2.45) is 0 Å². The average Bonchev–Trinajstić information content (AvgIpc) is 1.36. The van der Waals surface area contributed by atoms with Crippen molar-refractivity contribution in [3.05, 3.63) is 0 Å². The molecule has 0 rings (SSSR count). The topological polar surface area (TPSA) is 0 Å². The second-order valence-corrected chi connectivity index (χ2v) is 1.01. The minimum atomic E-state index is -2.81. The largest absolute Gasteiger partial charge is 0.261 e. The van der Waals surface area contributed by atoms with Crippen LogP contribution in [-0.2, 0) is 0 Å². The SMILES string of the molecule is BC(F)C(F)F. The van der Waals surface area contributed by atoms with Crippen LogP contribution in [0.3, 0.4) is 0 Å². The third-order valence-corrected chi connectivity index (χ3v) is 0.347. The van der Waals surface area contributed by atoms with Gasteiger partial charge >= 0.3 is 0 Å². The zero-order valence-electron chi connectivity index (χ0n) is 3.29. The average molecular weight is 95.9 g/mol. The molecule has 0 aliphatic rings. The minimum Gasteiger partial charge on any atom is -0.252 e. The smallest absolute Gasteiger partial charge is 0.252 e. The third kappa shape index (κ3) is 2.11. The number of rotatable bonds is 1. The summed E-state index contributed by atoms with van der Waals surface area (Å²) in [6, 6.07) is 0. The van der Waals surface area contributed by atoms with Crippen LogP contribution in [0.1, 0.15) is 0 Å². The fraction of sp³-hybridized carbons (Fsp3) is 1.00. The van der Waals surface area contributed by atoms with Crippen molar-refractivity contribution in [1.82, 2.24) is 0 Å². The monoisotopic (exact) mass is 96.0 g/mol. The number of halogens is 3. The van der Waals surface area contributed by atoms with Crippen LogP contribution in [0, 0.1) is 0 Å². The normalized spacial score (nSPS) is 15.3. The fourth-order valence-electron chi connectivity index (χ4n) is 0. The predicted molar refractivity (Wildman–Crippen MR) is 19.4 cm³/mol. The van der Waals surface area contributed by atoms with Gasteiger partial charge in [-0.1, -0.05) is 0 Å². The zero-order chi connectivity index (χ0) is 5.15. The summed E-state index contributed by atoms with van der Waals surface area (Å²) in [5.41, 5.74) is 0. The predicted octanol–water partition coefficient (Wildman–Crippen LogP) is 0.180. The lowest BCUT2D eigenvalue weighted by Gasteiger charge is -1.93. The van der Waals surface area contributed by atoms with Gasteiger partial charge in [0.05, 0.1) is 0 Å². The van der Waals surface area contributed by atoms with E-state index in [1.54, 1.807) is 0 Å². The molecule has 0 saturated heterocycles. The second-order valence-electron chi connectivity index (χ2n) is 1.01. The summed E-state index contributed by atoms with van der Waals surface area (Å²) >= 11 is 0. The molecule has 0 fully saturated rings. The maximum atomic E-state index is 11.1. The highest BCUT2D eigenvalue weighted by atomic mass is 19.3. The second kappa shape index (κ2) is 2.10. The molecule has 0 radical (unpaired) electrons. The molecule has 0 N–H and O–H groups in total. The molecule has 0 nitrogen and oxygen atoms in total. The summed E-state index contributed by atoms with van der Waals surface area (Å²) < 4.78 is 32.6. The molecule has 0 aliphatic carbocycles. The van der Waals surface area contributed by atoms with E-state index in [0.29, 0.717) is 0 Å². The summed E-state index contributed by atoms with van der Waals surface area (Å²) in [6.07, 6.45) is -4.80. The van der Waals surface area contributed by atoms with Crippen molar-refractivity contribution in [3.8, 4) is 0 Å². The van der Waals surface area contributed by atoms with Gasteiger partial charge in [0.25, 0.3) is 6.43 Å². The Morgan fingerprint density at radius 3 is 1.33 bits per heavy atom. The van der Waals surface area contributed by atoms with Crippen molar-refractivity contribution < 1.29 is 13.2 Å². The van der Waals surface area contributed by atoms with E-state index in [2.05, 4.69) is 0 Å². The fourth-order valence-corrected chi connectivity index (χ4v) is 0. The van der Waals surface area contributed by atoms with Crippen LogP contribution < -0.4 is 0 Å². The van der Waals surface area contributed by atoms with Crippen molar-refractivity contribution in [2.45, 2.75) is 12.5 Å². The summed E-state index contributed by atoms with van der Waals surface area (Å²) in [5, 5.41) is 0. The molecule has 0 aromatic carbocycles. The van der Waals surface area contributed by atoms with E-state index in [1.165, 1.54) is 0 Å². The van der Waals surface area contributed by atoms with E-state index < -0.39 is 12.5 Å². The highest BCUT2D eigenvalue weighted by Gasteiger charge is 2.10. The number of hydrogen-bond acceptors (Lipinski definition) is 0. The highest BCUT2D eigenvalue weighted by Crippen LogP contribution is 1.98. The standard InChI is InChI=1S/C2H4BF3/c3-1(4)2(5)6/h1-2H,3H2. The number of alkyl halides is 3. The van der Waals surface area contributed by atoms with Crippen LogP contribution in [0.2, 0.25) is 0 Å². The van der Waals surface area contributed by atoms with Gasteiger partial charge in [0.2, 0.25) is 0 Å². The van der Waals surface area contributed by atoms with Crippen molar-refractivity contribution in [2.75, 3.05) is 0 Å². The molecule has 0 saturated carbocycles. The van der Waals surface area contributed by atoms with E-state index in [-0.39, 0.29) is 0 Å². The van der Waals surface area contributed by atoms with Crippen LogP contribution >= 0.6 is 0 Å². The molecule has 36 valence electrons. The Kier molecular flexibility index (Phi) is 2.05. The summed E-state index contributed by atoms with van der Waals surface area (Å²) in [4.78, 5) is 0. The van der Waals surface area contributed by atoms with Gasteiger partial charge < -0.3 is 0 Å². The Morgan fingerprint density at radius 1 is 1.17 bits per heavy atom. The van der Waals surface area contributed by atoms with E-state index in [1.807, 2.05) is 0 Å². The Morgan fingerprint density at radius 2 is 1.33 bits per heavy atom. The van der Waals surface area contributed by atoms with Crippen molar-refractivity contribution >= 4 is 7.85 Å². The molecule has 6 heavy (non-hydrogen) atoms. The molecule has 1 atom stereocenters. The maximum absolute atomic E-state index is 11.1. The Hall–Kier alpha value is -0.145. The molecular formula is C2H4BF3. The molecule has 1 unspecified atom stereocenters. The summed E-state index contributed by atoms with van der Waals surface area (Å²) in [7, 11) is 0.824. The molecule has 0 heterocycles. The molecule has 0 amide bonds. The van der Waals surface area contributed by atoms with Crippen molar-refractivity contribution in [1.29, 1.82) is 0 Å². The summed E-state index contributed by atoms with van der Waals surface area (Å²) in [5.74, 6) is 0. The van der Waals surface area contributed by atoms with Crippen molar-refractivity contribution in [3.63, 3.8) is 0 Å². The van der Waals surface area contributed by atoms with Gasteiger partial charge in [-0.3, -0.25) is 4.39 Å². The van der Waals surface area contributed by atoms with Crippen LogP contribution in [0.25, 0.3) is 0 Å². The van der Waals surface area contributed by atoms with Gasteiger partial charge in [-0.25, -0.2) is 8.78 Å². The first-order valence-electron chi connectivity index (χ1n) is 1.57.